The fourth-order valence-electron chi connectivity index (χ4n) is 2.43. The summed E-state index contributed by atoms with van der Waals surface area (Å²) in [5.74, 6) is -1.24. The van der Waals surface area contributed by atoms with Crippen LogP contribution >= 0.6 is 0 Å². The smallest absolute Gasteiger partial charge is 0.311 e. The van der Waals surface area contributed by atoms with E-state index in [1.807, 2.05) is 25.1 Å². The zero-order chi connectivity index (χ0) is 15.2. The van der Waals surface area contributed by atoms with Crippen molar-refractivity contribution in [3.8, 4) is 5.75 Å². The lowest BCUT2D eigenvalue weighted by Crippen LogP contribution is -2.48. The minimum absolute atomic E-state index is 0.110. The molecule has 2 unspecified atom stereocenters. The average molecular weight is 293 g/mol. The molecule has 1 aliphatic rings. The molecule has 0 aromatic heterocycles. The number of hydrogen-bond acceptors (Lipinski definition) is 4. The minimum Gasteiger partial charge on any atom is -0.484 e. The number of likely N-dealkylation sites (N-methyl/N-ethyl adjacent to an activating group) is 1. The maximum absolute atomic E-state index is 12.3. The van der Waals surface area contributed by atoms with Crippen molar-refractivity contribution in [1.82, 2.24) is 4.90 Å². The highest BCUT2D eigenvalue weighted by Crippen LogP contribution is 2.20. The zero-order valence-electron chi connectivity index (χ0n) is 11.9. The Morgan fingerprint density at radius 3 is 2.67 bits per heavy atom. The molecule has 0 spiro atoms. The topological polar surface area (TPSA) is 76.1 Å². The van der Waals surface area contributed by atoms with Gasteiger partial charge in [-0.2, -0.15) is 0 Å². The van der Waals surface area contributed by atoms with Crippen molar-refractivity contribution in [2.45, 2.75) is 13.0 Å². The molecule has 1 heterocycles. The lowest BCUT2D eigenvalue weighted by atomic mass is 10.0. The number of amides is 1. The highest BCUT2D eigenvalue weighted by atomic mass is 16.5. The SMILES string of the molecule is CCN(C(=O)COc1ccccc1)C1COCC1C(=O)O. The number of rotatable bonds is 6. The van der Waals surface area contributed by atoms with Crippen LogP contribution in [0.1, 0.15) is 6.92 Å². The summed E-state index contributed by atoms with van der Waals surface area (Å²) in [6, 6.07) is 8.61. The van der Waals surface area contributed by atoms with Crippen LogP contribution in [-0.4, -0.2) is 54.3 Å². The maximum atomic E-state index is 12.3. The van der Waals surface area contributed by atoms with Gasteiger partial charge in [-0.3, -0.25) is 9.59 Å². The second-order valence-electron chi connectivity index (χ2n) is 4.83. The fourth-order valence-corrected chi connectivity index (χ4v) is 2.43. The van der Waals surface area contributed by atoms with Gasteiger partial charge in [0.2, 0.25) is 0 Å². The Hall–Kier alpha value is -2.08. The van der Waals surface area contributed by atoms with Crippen LogP contribution in [0.25, 0.3) is 0 Å². The molecule has 0 aliphatic carbocycles. The molecule has 1 aromatic carbocycles. The monoisotopic (exact) mass is 293 g/mol. The van der Waals surface area contributed by atoms with Gasteiger partial charge >= 0.3 is 5.97 Å². The molecular formula is C15H19NO5. The van der Waals surface area contributed by atoms with Crippen LogP contribution in [-0.2, 0) is 14.3 Å². The zero-order valence-corrected chi connectivity index (χ0v) is 11.9. The molecule has 6 heteroatoms. The molecule has 21 heavy (non-hydrogen) atoms. The molecule has 1 aliphatic heterocycles. The summed E-state index contributed by atoms with van der Waals surface area (Å²) in [5, 5.41) is 9.17. The normalized spacial score (nSPS) is 21.0. The van der Waals surface area contributed by atoms with E-state index < -0.39 is 17.9 Å². The number of nitrogens with zero attached hydrogens (tertiary/aromatic N) is 1. The molecule has 114 valence electrons. The van der Waals surface area contributed by atoms with Crippen molar-refractivity contribution in [1.29, 1.82) is 0 Å². The molecular weight excluding hydrogens is 274 g/mol. The Bertz CT molecular complexity index is 490. The summed E-state index contributed by atoms with van der Waals surface area (Å²) in [6.45, 7) is 2.53. The van der Waals surface area contributed by atoms with E-state index in [-0.39, 0.29) is 25.7 Å². The first-order valence-electron chi connectivity index (χ1n) is 6.91. The Labute approximate surface area is 123 Å². The first-order valence-corrected chi connectivity index (χ1v) is 6.91. The van der Waals surface area contributed by atoms with Gasteiger partial charge in [-0.05, 0) is 19.1 Å². The van der Waals surface area contributed by atoms with Crippen LogP contribution in [0.5, 0.6) is 5.75 Å². The Balaban J connectivity index is 1.97. The summed E-state index contributed by atoms with van der Waals surface area (Å²) in [6.07, 6.45) is 0. The molecule has 1 fully saturated rings. The Morgan fingerprint density at radius 2 is 2.05 bits per heavy atom. The standard InChI is InChI=1S/C15H19NO5/c1-2-16(13-9-20-8-12(13)15(18)19)14(17)10-21-11-6-4-3-5-7-11/h3-7,12-13H,2,8-10H2,1H3,(H,18,19). The third-order valence-electron chi connectivity index (χ3n) is 3.53. The first kappa shape index (κ1) is 15.3. The van der Waals surface area contributed by atoms with E-state index in [0.29, 0.717) is 12.3 Å². The molecule has 0 bridgehead atoms. The second kappa shape index (κ2) is 7.08. The number of carboxylic acids is 1. The summed E-state index contributed by atoms with van der Waals surface area (Å²) in [7, 11) is 0. The molecule has 1 aromatic rings. The van der Waals surface area contributed by atoms with Gasteiger partial charge < -0.3 is 19.5 Å². The molecule has 2 atom stereocenters. The van der Waals surface area contributed by atoms with E-state index in [2.05, 4.69) is 0 Å². The summed E-state index contributed by atoms with van der Waals surface area (Å²) in [5.41, 5.74) is 0. The van der Waals surface area contributed by atoms with Crippen molar-refractivity contribution in [2.24, 2.45) is 5.92 Å². The molecule has 1 amide bonds. The van der Waals surface area contributed by atoms with Crippen LogP contribution in [0.15, 0.2) is 30.3 Å². The van der Waals surface area contributed by atoms with Crippen molar-refractivity contribution in [2.75, 3.05) is 26.4 Å². The number of carboxylic acid groups (broad SMARTS) is 1. The van der Waals surface area contributed by atoms with Crippen LogP contribution in [0, 0.1) is 5.92 Å². The molecule has 1 N–H and O–H groups in total. The third kappa shape index (κ3) is 3.72. The third-order valence-corrected chi connectivity index (χ3v) is 3.53. The van der Waals surface area contributed by atoms with Crippen molar-refractivity contribution < 1.29 is 24.2 Å². The van der Waals surface area contributed by atoms with Crippen molar-refractivity contribution in [3.05, 3.63) is 30.3 Å². The Morgan fingerprint density at radius 1 is 1.33 bits per heavy atom. The largest absolute Gasteiger partial charge is 0.484 e. The number of carbonyl (C=O) groups excluding carboxylic acids is 1. The quantitative estimate of drug-likeness (QED) is 0.847. The predicted molar refractivity (Wildman–Crippen MR) is 75.1 cm³/mol. The summed E-state index contributed by atoms with van der Waals surface area (Å²) < 4.78 is 10.6. The fraction of sp³-hybridized carbons (Fsp3) is 0.467. The molecule has 0 radical (unpaired) electrons. The van der Waals surface area contributed by atoms with E-state index in [9.17, 15) is 9.59 Å². The van der Waals surface area contributed by atoms with Gasteiger partial charge in [-0.1, -0.05) is 18.2 Å². The van der Waals surface area contributed by atoms with E-state index in [4.69, 9.17) is 14.6 Å². The van der Waals surface area contributed by atoms with E-state index in [0.717, 1.165) is 0 Å². The lowest BCUT2D eigenvalue weighted by molar-refractivity contribution is -0.145. The van der Waals surface area contributed by atoms with Crippen LogP contribution in [0.3, 0.4) is 0 Å². The van der Waals surface area contributed by atoms with E-state index in [1.54, 1.807) is 12.1 Å². The first-order chi connectivity index (χ1) is 10.1. The highest BCUT2D eigenvalue weighted by Gasteiger charge is 2.39. The molecule has 6 nitrogen and oxygen atoms in total. The van der Waals surface area contributed by atoms with Gasteiger partial charge in [-0.25, -0.2) is 0 Å². The van der Waals surface area contributed by atoms with Crippen molar-refractivity contribution >= 4 is 11.9 Å². The molecule has 2 rings (SSSR count). The highest BCUT2D eigenvalue weighted by molar-refractivity contribution is 5.80. The number of ether oxygens (including phenoxy) is 2. The average Bonchev–Trinajstić information content (AvgIpc) is 2.96. The van der Waals surface area contributed by atoms with Crippen LogP contribution in [0.4, 0.5) is 0 Å². The van der Waals surface area contributed by atoms with E-state index in [1.165, 1.54) is 4.90 Å². The maximum Gasteiger partial charge on any atom is 0.311 e. The molecule has 0 saturated carbocycles. The van der Waals surface area contributed by atoms with Crippen molar-refractivity contribution in [3.63, 3.8) is 0 Å². The number of para-hydroxylation sites is 1. The Kier molecular flexibility index (Phi) is 5.16. The van der Waals surface area contributed by atoms with Gasteiger partial charge in [0.25, 0.3) is 5.91 Å². The van der Waals surface area contributed by atoms with Gasteiger partial charge in [0.05, 0.1) is 19.3 Å². The van der Waals surface area contributed by atoms with Gasteiger partial charge in [0.1, 0.15) is 11.7 Å². The predicted octanol–water partition coefficient (Wildman–Crippen LogP) is 1.01. The molecule has 1 saturated heterocycles. The second-order valence-corrected chi connectivity index (χ2v) is 4.83. The summed E-state index contributed by atoms with van der Waals surface area (Å²) >= 11 is 0. The minimum atomic E-state index is -0.937. The van der Waals surface area contributed by atoms with E-state index >= 15 is 0 Å². The summed E-state index contributed by atoms with van der Waals surface area (Å²) in [4.78, 5) is 25.0. The lowest BCUT2D eigenvalue weighted by Gasteiger charge is -2.29. The number of benzene rings is 1. The van der Waals surface area contributed by atoms with Crippen LogP contribution in [0.2, 0.25) is 0 Å². The number of aliphatic carboxylic acids is 1. The van der Waals surface area contributed by atoms with Gasteiger partial charge in [0.15, 0.2) is 6.61 Å². The van der Waals surface area contributed by atoms with Gasteiger partial charge in [0, 0.05) is 6.54 Å². The number of carbonyl (C=O) groups is 2. The van der Waals surface area contributed by atoms with Gasteiger partial charge in [-0.15, -0.1) is 0 Å². The van der Waals surface area contributed by atoms with Crippen LogP contribution < -0.4 is 4.74 Å². The number of hydrogen-bond donors (Lipinski definition) is 1.